The highest BCUT2D eigenvalue weighted by Crippen LogP contribution is 2.55. The van der Waals surface area contributed by atoms with Gasteiger partial charge in [-0.1, -0.05) is 6.08 Å². The van der Waals surface area contributed by atoms with Crippen LogP contribution in [0.4, 0.5) is 14.6 Å². The van der Waals surface area contributed by atoms with E-state index in [-0.39, 0.29) is 35.9 Å². The van der Waals surface area contributed by atoms with E-state index in [1.807, 2.05) is 12.1 Å². The second-order valence-corrected chi connectivity index (χ2v) is 10.2. The predicted octanol–water partition coefficient (Wildman–Crippen LogP) is 3.27. The highest BCUT2D eigenvalue weighted by Gasteiger charge is 2.54. The number of pyridine rings is 2. The molecule has 4 heterocycles. The number of halogens is 2. The van der Waals surface area contributed by atoms with E-state index < -0.39 is 5.67 Å². The Balaban J connectivity index is 1.18. The summed E-state index contributed by atoms with van der Waals surface area (Å²) in [5.41, 5.74) is 6.57. The molecule has 0 bridgehead atoms. The Labute approximate surface area is 210 Å². The molecule has 2 aliphatic heterocycles. The number of aromatic nitrogens is 2. The lowest BCUT2D eigenvalue weighted by Crippen LogP contribution is -2.54. The van der Waals surface area contributed by atoms with Crippen molar-refractivity contribution in [2.45, 2.75) is 43.3 Å². The van der Waals surface area contributed by atoms with Gasteiger partial charge in [-0.3, -0.25) is 14.7 Å². The molecule has 2 aromatic heterocycles. The fourth-order valence-electron chi connectivity index (χ4n) is 5.96. The molecule has 2 saturated heterocycles. The molecule has 9 heteroatoms. The molecule has 1 unspecified atom stereocenters. The molecule has 0 saturated carbocycles. The Morgan fingerprint density at radius 2 is 1.92 bits per heavy atom. The van der Waals surface area contributed by atoms with E-state index in [9.17, 15) is 9.18 Å². The summed E-state index contributed by atoms with van der Waals surface area (Å²) in [6.07, 6.45) is 6.93. The Kier molecular flexibility index (Phi) is 6.78. The molecular weight excluding hydrogens is 464 g/mol. The van der Waals surface area contributed by atoms with E-state index in [4.69, 9.17) is 10.5 Å². The van der Waals surface area contributed by atoms with Gasteiger partial charge in [0.25, 0.3) is 5.91 Å². The number of likely N-dealkylation sites (tertiary alicyclic amines) is 2. The van der Waals surface area contributed by atoms with E-state index >= 15 is 4.39 Å². The molecule has 2 N–H and O–H groups in total. The Morgan fingerprint density at radius 3 is 2.56 bits per heavy atom. The maximum absolute atomic E-state index is 15.8. The van der Waals surface area contributed by atoms with Gasteiger partial charge in [0, 0.05) is 58.9 Å². The van der Waals surface area contributed by atoms with Crippen molar-refractivity contribution >= 4 is 11.7 Å². The van der Waals surface area contributed by atoms with Gasteiger partial charge >= 0.3 is 0 Å². The third-order valence-corrected chi connectivity index (χ3v) is 8.01. The van der Waals surface area contributed by atoms with Crippen molar-refractivity contribution in [2.75, 3.05) is 45.6 Å². The maximum Gasteiger partial charge on any atom is 0.260 e. The van der Waals surface area contributed by atoms with Gasteiger partial charge in [0.05, 0.1) is 23.9 Å². The van der Waals surface area contributed by atoms with Crippen molar-refractivity contribution in [3.05, 3.63) is 65.4 Å². The van der Waals surface area contributed by atoms with Crippen LogP contribution in [0.2, 0.25) is 0 Å². The zero-order valence-electron chi connectivity index (χ0n) is 20.6. The highest BCUT2D eigenvalue weighted by atomic mass is 19.1. The number of hydrogen-bond donors (Lipinski definition) is 1. The number of hydrogen-bond acceptors (Lipinski definition) is 6. The molecule has 3 aliphatic rings. The Hall–Kier alpha value is -2.91. The van der Waals surface area contributed by atoms with E-state index in [0.29, 0.717) is 45.1 Å². The summed E-state index contributed by atoms with van der Waals surface area (Å²) < 4.78 is 34.7. The molecule has 2 aromatic rings. The van der Waals surface area contributed by atoms with Crippen molar-refractivity contribution in [3.63, 3.8) is 0 Å². The summed E-state index contributed by atoms with van der Waals surface area (Å²) in [7, 11) is 1.65. The van der Waals surface area contributed by atoms with Gasteiger partial charge < -0.3 is 15.4 Å². The van der Waals surface area contributed by atoms with Crippen LogP contribution < -0.4 is 5.73 Å². The van der Waals surface area contributed by atoms with Crippen LogP contribution in [0, 0.1) is 11.7 Å². The number of nitrogens with zero attached hydrogens (tertiary/aromatic N) is 4. The zero-order chi connectivity index (χ0) is 25.3. The molecule has 0 spiro atoms. The Bertz CT molecular complexity index is 1130. The maximum atomic E-state index is 15.8. The monoisotopic (exact) mass is 497 g/mol. The minimum absolute atomic E-state index is 0.190. The summed E-state index contributed by atoms with van der Waals surface area (Å²) in [4.78, 5) is 25.5. The molecule has 192 valence electrons. The molecule has 36 heavy (non-hydrogen) atoms. The predicted molar refractivity (Wildman–Crippen MR) is 132 cm³/mol. The molecule has 1 aliphatic carbocycles. The number of nitrogen functional groups attached to an aromatic ring is 1. The van der Waals surface area contributed by atoms with Crippen molar-refractivity contribution in [2.24, 2.45) is 5.92 Å². The van der Waals surface area contributed by atoms with Crippen LogP contribution >= 0.6 is 0 Å². The standard InChI is InChI=1S/C27H33F2N5O2/c1-36-18-21-15-27(21,23-3-2-22(28)16-32-23)20-5-10-34(11-6-20)25(35)26(29)7-12-33(13-8-26)17-19-4-9-31-24(30)14-19/h2-4,9,14-16,20H,5-8,10-13,17-18H2,1H3,(H2,30,31). The van der Waals surface area contributed by atoms with Crippen molar-refractivity contribution in [3.8, 4) is 0 Å². The molecular formula is C27H33F2N5O2. The first kappa shape index (κ1) is 24.8. The number of anilines is 1. The van der Waals surface area contributed by atoms with Gasteiger partial charge in [0.2, 0.25) is 0 Å². The number of carbonyl (C=O) groups is 1. The normalized spacial score (nSPS) is 24.4. The number of allylic oxidation sites excluding steroid dienone is 1. The average molecular weight is 498 g/mol. The van der Waals surface area contributed by atoms with E-state index in [2.05, 4.69) is 20.9 Å². The molecule has 5 rings (SSSR count). The summed E-state index contributed by atoms with van der Waals surface area (Å²) in [5.74, 6) is -0.0680. The number of nitrogens with two attached hydrogens (primary N) is 1. The number of carbonyl (C=O) groups excluding carboxylic acids is 1. The first-order valence-electron chi connectivity index (χ1n) is 12.6. The largest absolute Gasteiger partial charge is 0.384 e. The molecule has 0 radical (unpaired) electrons. The number of piperidine rings is 2. The van der Waals surface area contributed by atoms with Gasteiger partial charge in [-0.05, 0) is 54.2 Å². The van der Waals surface area contributed by atoms with Gasteiger partial charge in [0.15, 0.2) is 5.67 Å². The topological polar surface area (TPSA) is 84.6 Å². The fourth-order valence-corrected chi connectivity index (χ4v) is 5.96. The van der Waals surface area contributed by atoms with Crippen molar-refractivity contribution in [1.29, 1.82) is 0 Å². The zero-order valence-corrected chi connectivity index (χ0v) is 20.6. The Morgan fingerprint density at radius 1 is 1.17 bits per heavy atom. The van der Waals surface area contributed by atoms with Gasteiger partial charge in [-0.15, -0.1) is 0 Å². The van der Waals surface area contributed by atoms with Gasteiger partial charge in [0.1, 0.15) is 11.6 Å². The highest BCUT2D eigenvalue weighted by molar-refractivity contribution is 5.85. The lowest BCUT2D eigenvalue weighted by atomic mass is 9.75. The second-order valence-electron chi connectivity index (χ2n) is 10.2. The number of rotatable bonds is 7. The fraction of sp³-hybridized carbons (Fsp3) is 0.519. The van der Waals surface area contributed by atoms with Gasteiger partial charge in [-0.25, -0.2) is 13.8 Å². The van der Waals surface area contributed by atoms with E-state index in [0.717, 1.165) is 29.7 Å². The molecule has 1 amide bonds. The molecule has 7 nitrogen and oxygen atoms in total. The van der Waals surface area contributed by atoms with Crippen LogP contribution in [-0.2, 0) is 21.5 Å². The first-order chi connectivity index (χ1) is 17.3. The van der Waals surface area contributed by atoms with E-state index in [1.54, 1.807) is 24.3 Å². The summed E-state index contributed by atoms with van der Waals surface area (Å²) in [6.45, 7) is 3.21. The second kappa shape index (κ2) is 9.86. The van der Waals surface area contributed by atoms with Crippen LogP contribution in [0.5, 0.6) is 0 Å². The van der Waals surface area contributed by atoms with Crippen LogP contribution in [0.15, 0.2) is 48.3 Å². The first-order valence-corrected chi connectivity index (χ1v) is 12.6. The third kappa shape index (κ3) is 4.74. The van der Waals surface area contributed by atoms with Crippen LogP contribution in [0.3, 0.4) is 0 Å². The average Bonchev–Trinajstić information content (AvgIpc) is 3.61. The summed E-state index contributed by atoms with van der Waals surface area (Å²) >= 11 is 0. The lowest BCUT2D eigenvalue weighted by Gasteiger charge is -2.42. The summed E-state index contributed by atoms with van der Waals surface area (Å²) in [6, 6.07) is 6.90. The molecule has 2 fully saturated rings. The number of methoxy groups -OCH3 is 1. The third-order valence-electron chi connectivity index (χ3n) is 8.01. The quantitative estimate of drug-likeness (QED) is 0.591. The van der Waals surface area contributed by atoms with Crippen LogP contribution in [-0.4, -0.2) is 71.2 Å². The lowest BCUT2D eigenvalue weighted by molar-refractivity contribution is -0.149. The number of amides is 1. The van der Waals surface area contributed by atoms with Crippen molar-refractivity contribution in [1.82, 2.24) is 19.8 Å². The molecule has 1 atom stereocenters. The number of alkyl halides is 1. The van der Waals surface area contributed by atoms with Crippen LogP contribution in [0.1, 0.15) is 36.9 Å². The SMILES string of the molecule is COCC1=CC1(c1ccc(F)cn1)C1CCN(C(=O)C2(F)CCN(Cc3ccnc(N)c3)CC2)CC1. The summed E-state index contributed by atoms with van der Waals surface area (Å²) in [5, 5.41) is 0. The van der Waals surface area contributed by atoms with E-state index in [1.165, 1.54) is 12.3 Å². The smallest absolute Gasteiger partial charge is 0.260 e. The minimum atomic E-state index is -1.82. The van der Waals surface area contributed by atoms with Crippen molar-refractivity contribution < 1.29 is 18.3 Å². The van der Waals surface area contributed by atoms with Gasteiger partial charge in [-0.2, -0.15) is 0 Å². The molecule has 0 aromatic carbocycles. The van der Waals surface area contributed by atoms with Crippen LogP contribution in [0.25, 0.3) is 0 Å². The number of ether oxygens (including phenoxy) is 1. The minimum Gasteiger partial charge on any atom is -0.384 e.